The van der Waals surface area contributed by atoms with Gasteiger partial charge in [-0.3, -0.25) is 14.4 Å². The lowest BCUT2D eigenvalue weighted by Crippen LogP contribution is -2.37. The quantitative estimate of drug-likeness (QED) is 0.602. The Morgan fingerprint density at radius 1 is 1.10 bits per heavy atom. The van der Waals surface area contributed by atoms with Gasteiger partial charge in [0.1, 0.15) is 0 Å². The van der Waals surface area contributed by atoms with E-state index < -0.39 is 5.97 Å². The molecule has 7 heteroatoms. The van der Waals surface area contributed by atoms with E-state index in [4.69, 9.17) is 5.11 Å². The Morgan fingerprint density at radius 2 is 1.80 bits per heavy atom. The fourth-order valence-electron chi connectivity index (χ4n) is 1.34. The van der Waals surface area contributed by atoms with Gasteiger partial charge in [-0.25, -0.2) is 0 Å². The van der Waals surface area contributed by atoms with Gasteiger partial charge in [0.05, 0.1) is 12.3 Å². The molecular weight excluding hydrogens is 280 g/mol. The Labute approximate surface area is 120 Å². The van der Waals surface area contributed by atoms with Gasteiger partial charge in [0.2, 0.25) is 5.91 Å². The average Bonchev–Trinajstić information content (AvgIpc) is 2.45. The van der Waals surface area contributed by atoms with E-state index in [1.165, 1.54) is 11.8 Å². The first kappa shape index (κ1) is 16.0. The number of carbonyl (C=O) groups excluding carboxylic acids is 2. The van der Waals surface area contributed by atoms with Gasteiger partial charge in [0.25, 0.3) is 5.91 Å². The molecule has 108 valence electrons. The van der Waals surface area contributed by atoms with Crippen LogP contribution < -0.4 is 10.6 Å². The monoisotopic (exact) mass is 296 g/mol. The van der Waals surface area contributed by atoms with Crippen molar-refractivity contribution in [1.29, 1.82) is 0 Å². The highest BCUT2D eigenvalue weighted by Gasteiger charge is 2.06. The largest absolute Gasteiger partial charge is 0.481 e. The van der Waals surface area contributed by atoms with Crippen molar-refractivity contribution in [3.63, 3.8) is 0 Å². The van der Waals surface area contributed by atoms with Gasteiger partial charge < -0.3 is 15.7 Å². The van der Waals surface area contributed by atoms with Crippen molar-refractivity contribution in [3.05, 3.63) is 35.9 Å². The summed E-state index contributed by atoms with van der Waals surface area (Å²) in [4.78, 5) is 33.3. The summed E-state index contributed by atoms with van der Waals surface area (Å²) in [7, 11) is 0. The zero-order valence-corrected chi connectivity index (χ0v) is 11.6. The summed E-state index contributed by atoms with van der Waals surface area (Å²) in [5, 5.41) is 13.5. The molecule has 1 aromatic carbocycles. The van der Waals surface area contributed by atoms with Crippen LogP contribution in [-0.2, 0) is 9.59 Å². The summed E-state index contributed by atoms with van der Waals surface area (Å²) in [6.07, 6.45) is 0. The van der Waals surface area contributed by atoms with Gasteiger partial charge >= 0.3 is 5.97 Å². The molecule has 0 aliphatic heterocycles. The second-order valence-corrected chi connectivity index (χ2v) is 4.95. The predicted octanol–water partition coefficient (Wildman–Crippen LogP) is 0.350. The lowest BCUT2D eigenvalue weighted by Gasteiger charge is -2.06. The molecule has 0 atom stereocenters. The Hall–Kier alpha value is -2.02. The molecule has 0 heterocycles. The highest BCUT2D eigenvalue weighted by atomic mass is 32.2. The minimum absolute atomic E-state index is 0.0145. The van der Waals surface area contributed by atoms with E-state index >= 15 is 0 Å². The van der Waals surface area contributed by atoms with Gasteiger partial charge in [0.15, 0.2) is 0 Å². The topological polar surface area (TPSA) is 95.5 Å². The summed E-state index contributed by atoms with van der Waals surface area (Å²) in [5.41, 5.74) is 0.498. The molecule has 0 aromatic heterocycles. The van der Waals surface area contributed by atoms with Gasteiger partial charge in [-0.2, -0.15) is 0 Å². The van der Waals surface area contributed by atoms with Gasteiger partial charge in [0, 0.05) is 17.9 Å². The minimum Gasteiger partial charge on any atom is -0.481 e. The minimum atomic E-state index is -0.878. The molecule has 0 radical (unpaired) electrons. The fourth-order valence-corrected chi connectivity index (χ4v) is 1.90. The number of benzene rings is 1. The second kappa shape index (κ2) is 8.98. The molecule has 0 unspecified atom stereocenters. The first-order valence-electron chi connectivity index (χ1n) is 5.99. The zero-order chi connectivity index (χ0) is 14.8. The normalized spacial score (nSPS) is 9.80. The Balaban J connectivity index is 2.14. The van der Waals surface area contributed by atoms with Gasteiger partial charge in [-0.05, 0) is 12.1 Å². The number of amides is 2. The third-order valence-electron chi connectivity index (χ3n) is 2.24. The van der Waals surface area contributed by atoms with Crippen LogP contribution in [-0.4, -0.2) is 47.5 Å². The van der Waals surface area contributed by atoms with Crippen molar-refractivity contribution in [2.24, 2.45) is 0 Å². The van der Waals surface area contributed by atoms with E-state index in [2.05, 4.69) is 10.6 Å². The molecule has 0 saturated carbocycles. The number of thioether (sulfide) groups is 1. The molecule has 3 N–H and O–H groups in total. The SMILES string of the molecule is O=C(O)CSCCNC(=O)CNC(=O)c1ccccc1. The summed E-state index contributed by atoms with van der Waals surface area (Å²) in [6, 6.07) is 8.62. The number of hydrogen-bond donors (Lipinski definition) is 3. The van der Waals surface area contributed by atoms with Crippen molar-refractivity contribution >= 4 is 29.5 Å². The lowest BCUT2D eigenvalue weighted by atomic mass is 10.2. The van der Waals surface area contributed by atoms with E-state index in [1.54, 1.807) is 30.3 Å². The van der Waals surface area contributed by atoms with Crippen LogP contribution >= 0.6 is 11.8 Å². The smallest absolute Gasteiger partial charge is 0.313 e. The van der Waals surface area contributed by atoms with Crippen molar-refractivity contribution in [2.75, 3.05) is 24.6 Å². The van der Waals surface area contributed by atoms with Crippen molar-refractivity contribution in [2.45, 2.75) is 0 Å². The van der Waals surface area contributed by atoms with E-state index in [0.29, 0.717) is 17.9 Å². The molecule has 6 nitrogen and oxygen atoms in total. The van der Waals surface area contributed by atoms with Crippen LogP contribution in [0.4, 0.5) is 0 Å². The summed E-state index contributed by atoms with van der Waals surface area (Å²) >= 11 is 1.22. The molecule has 0 saturated heterocycles. The van der Waals surface area contributed by atoms with E-state index in [1.807, 2.05) is 0 Å². The van der Waals surface area contributed by atoms with Crippen LogP contribution in [0, 0.1) is 0 Å². The van der Waals surface area contributed by atoms with E-state index in [0.717, 1.165) is 0 Å². The Bertz CT molecular complexity index is 465. The van der Waals surface area contributed by atoms with Crippen LogP contribution in [0.1, 0.15) is 10.4 Å². The van der Waals surface area contributed by atoms with Crippen molar-refractivity contribution < 1.29 is 19.5 Å². The maximum absolute atomic E-state index is 11.6. The average molecular weight is 296 g/mol. The highest BCUT2D eigenvalue weighted by molar-refractivity contribution is 7.99. The number of hydrogen-bond acceptors (Lipinski definition) is 4. The van der Waals surface area contributed by atoms with Crippen molar-refractivity contribution in [1.82, 2.24) is 10.6 Å². The third kappa shape index (κ3) is 6.79. The molecule has 1 rings (SSSR count). The highest BCUT2D eigenvalue weighted by Crippen LogP contribution is 1.98. The molecular formula is C13H16N2O4S. The molecule has 0 spiro atoms. The maximum atomic E-state index is 11.6. The van der Waals surface area contributed by atoms with Crippen LogP contribution in [0.25, 0.3) is 0 Å². The number of nitrogens with one attached hydrogen (secondary N) is 2. The lowest BCUT2D eigenvalue weighted by molar-refractivity contribution is -0.133. The Morgan fingerprint density at radius 3 is 2.45 bits per heavy atom. The fraction of sp³-hybridized carbons (Fsp3) is 0.308. The Kier molecular flexibility index (Phi) is 7.20. The van der Waals surface area contributed by atoms with Crippen LogP contribution in [0.5, 0.6) is 0 Å². The van der Waals surface area contributed by atoms with Crippen molar-refractivity contribution in [3.8, 4) is 0 Å². The van der Waals surface area contributed by atoms with Gasteiger partial charge in [-0.1, -0.05) is 18.2 Å². The molecule has 0 aliphatic rings. The van der Waals surface area contributed by atoms with Crippen LogP contribution in [0.3, 0.4) is 0 Å². The first-order valence-corrected chi connectivity index (χ1v) is 7.14. The van der Waals surface area contributed by atoms with E-state index in [9.17, 15) is 14.4 Å². The molecule has 1 aromatic rings. The van der Waals surface area contributed by atoms with E-state index in [-0.39, 0.29) is 24.1 Å². The number of rotatable bonds is 8. The van der Waals surface area contributed by atoms with Gasteiger partial charge in [-0.15, -0.1) is 11.8 Å². The number of carboxylic acid groups (broad SMARTS) is 1. The molecule has 20 heavy (non-hydrogen) atoms. The summed E-state index contributed by atoms with van der Waals surface area (Å²) in [5.74, 6) is -0.951. The van der Waals surface area contributed by atoms with Crippen LogP contribution in [0.15, 0.2) is 30.3 Å². The molecule has 2 amide bonds. The van der Waals surface area contributed by atoms with Crippen LogP contribution in [0.2, 0.25) is 0 Å². The molecule has 0 fully saturated rings. The predicted molar refractivity (Wildman–Crippen MR) is 76.7 cm³/mol. The standard InChI is InChI=1S/C13H16N2O4S/c16-11(14-6-7-20-9-12(17)18)8-15-13(19)10-4-2-1-3-5-10/h1-5H,6-9H2,(H,14,16)(H,15,19)(H,17,18). The second-order valence-electron chi connectivity index (χ2n) is 3.84. The number of carbonyl (C=O) groups is 3. The summed E-state index contributed by atoms with van der Waals surface area (Å²) < 4.78 is 0. The third-order valence-corrected chi connectivity index (χ3v) is 3.18. The number of carboxylic acids is 1. The maximum Gasteiger partial charge on any atom is 0.313 e. The zero-order valence-electron chi connectivity index (χ0n) is 10.8. The summed E-state index contributed by atoms with van der Waals surface area (Å²) in [6.45, 7) is 0.273. The molecule has 0 aliphatic carbocycles. The first-order chi connectivity index (χ1) is 9.59. The molecule has 0 bridgehead atoms. The number of aliphatic carboxylic acids is 1.